The molecule has 2 aliphatic rings. The lowest BCUT2D eigenvalue weighted by atomic mass is 10.2. The van der Waals surface area contributed by atoms with E-state index in [1.165, 1.54) is 11.3 Å². The molecule has 4 heterocycles. The van der Waals surface area contributed by atoms with Crippen molar-refractivity contribution in [2.45, 2.75) is 36.3 Å². The van der Waals surface area contributed by atoms with Crippen LogP contribution in [0.5, 0.6) is 0 Å². The van der Waals surface area contributed by atoms with Crippen LogP contribution in [0.4, 0.5) is 5.69 Å². The van der Waals surface area contributed by atoms with Crippen molar-refractivity contribution in [3.8, 4) is 0 Å². The Bertz CT molecular complexity index is 917. The molecule has 0 spiro atoms. The zero-order valence-electron chi connectivity index (χ0n) is 14.4. The average molecular weight is 392 g/mol. The maximum absolute atomic E-state index is 12.7. The van der Waals surface area contributed by atoms with Crippen molar-refractivity contribution >= 4 is 33.0 Å². The van der Waals surface area contributed by atoms with Crippen molar-refractivity contribution in [3.05, 3.63) is 41.0 Å². The van der Waals surface area contributed by atoms with Crippen LogP contribution in [-0.4, -0.2) is 43.2 Å². The Balaban J connectivity index is 1.48. The van der Waals surface area contributed by atoms with E-state index in [0.717, 1.165) is 41.8 Å². The van der Waals surface area contributed by atoms with Gasteiger partial charge in [0.25, 0.3) is 10.0 Å². The lowest BCUT2D eigenvalue weighted by molar-refractivity contribution is -0.117. The van der Waals surface area contributed by atoms with Gasteiger partial charge in [-0.15, -0.1) is 11.3 Å². The van der Waals surface area contributed by atoms with E-state index in [9.17, 15) is 13.2 Å². The van der Waals surface area contributed by atoms with Gasteiger partial charge in [-0.05, 0) is 43.0 Å². The fourth-order valence-electron chi connectivity index (χ4n) is 3.56. The quantitative estimate of drug-likeness (QED) is 0.803. The number of hydrogen-bond acceptors (Lipinski definition) is 5. The van der Waals surface area contributed by atoms with E-state index in [1.807, 2.05) is 6.07 Å². The SMILES string of the molecule is O=C(Cc1ccc(S(=O)(=O)N2CCCCC2)s1)N1CCc2cnccc21. The Hall–Kier alpha value is -1.77. The van der Waals surface area contributed by atoms with Crippen molar-refractivity contribution in [2.75, 3.05) is 24.5 Å². The van der Waals surface area contributed by atoms with Crippen LogP contribution >= 0.6 is 11.3 Å². The van der Waals surface area contributed by atoms with Gasteiger partial charge < -0.3 is 4.90 Å². The van der Waals surface area contributed by atoms with Gasteiger partial charge in [-0.1, -0.05) is 6.42 Å². The number of carbonyl (C=O) groups excluding carboxylic acids is 1. The third-order valence-electron chi connectivity index (χ3n) is 4.95. The van der Waals surface area contributed by atoms with E-state index in [2.05, 4.69) is 4.98 Å². The summed E-state index contributed by atoms with van der Waals surface area (Å²) >= 11 is 1.21. The molecule has 2 aromatic rings. The van der Waals surface area contributed by atoms with E-state index in [0.29, 0.717) is 23.8 Å². The fourth-order valence-corrected chi connectivity index (χ4v) is 6.57. The largest absolute Gasteiger partial charge is 0.311 e. The van der Waals surface area contributed by atoms with Crippen molar-refractivity contribution < 1.29 is 13.2 Å². The van der Waals surface area contributed by atoms with Gasteiger partial charge in [0.15, 0.2) is 0 Å². The van der Waals surface area contributed by atoms with E-state index in [-0.39, 0.29) is 12.3 Å². The first-order valence-corrected chi connectivity index (χ1v) is 11.1. The summed E-state index contributed by atoms with van der Waals surface area (Å²) in [7, 11) is -3.43. The molecule has 0 atom stereocenters. The average Bonchev–Trinajstić information content (AvgIpc) is 3.29. The number of fused-ring (bicyclic) bond motifs is 1. The number of anilines is 1. The first-order valence-electron chi connectivity index (χ1n) is 8.88. The van der Waals surface area contributed by atoms with Gasteiger partial charge in [-0.3, -0.25) is 9.78 Å². The second-order valence-corrected chi connectivity index (χ2v) is 10.00. The molecule has 8 heteroatoms. The Kier molecular flexibility index (Phi) is 4.81. The number of amides is 1. The molecule has 2 aliphatic heterocycles. The Labute approximate surface area is 157 Å². The molecule has 0 unspecified atom stereocenters. The summed E-state index contributed by atoms with van der Waals surface area (Å²) in [4.78, 5) is 19.4. The Morgan fingerprint density at radius 2 is 1.92 bits per heavy atom. The van der Waals surface area contributed by atoms with Crippen LogP contribution < -0.4 is 4.90 Å². The van der Waals surface area contributed by atoms with E-state index >= 15 is 0 Å². The van der Waals surface area contributed by atoms with Gasteiger partial charge in [0.2, 0.25) is 5.91 Å². The van der Waals surface area contributed by atoms with Crippen LogP contribution in [0.3, 0.4) is 0 Å². The number of thiophene rings is 1. The topological polar surface area (TPSA) is 70.6 Å². The smallest absolute Gasteiger partial charge is 0.252 e. The monoisotopic (exact) mass is 391 g/mol. The molecule has 1 saturated heterocycles. The molecule has 4 rings (SSSR count). The summed E-state index contributed by atoms with van der Waals surface area (Å²) in [6, 6.07) is 5.27. The van der Waals surface area contributed by atoms with Crippen molar-refractivity contribution in [1.29, 1.82) is 0 Å². The molecule has 0 aromatic carbocycles. The first kappa shape index (κ1) is 17.6. The number of hydrogen-bond donors (Lipinski definition) is 0. The highest BCUT2D eigenvalue weighted by Crippen LogP contribution is 2.30. The second-order valence-electron chi connectivity index (χ2n) is 6.66. The lowest BCUT2D eigenvalue weighted by Gasteiger charge is -2.25. The summed E-state index contributed by atoms with van der Waals surface area (Å²) in [6.45, 7) is 1.84. The molecule has 26 heavy (non-hydrogen) atoms. The predicted octanol–water partition coefficient (Wildman–Crippen LogP) is 2.45. The van der Waals surface area contributed by atoms with Crippen molar-refractivity contribution in [2.24, 2.45) is 0 Å². The third-order valence-corrected chi connectivity index (χ3v) is 8.40. The summed E-state index contributed by atoms with van der Waals surface area (Å²) < 4.78 is 27.4. The fraction of sp³-hybridized carbons (Fsp3) is 0.444. The summed E-state index contributed by atoms with van der Waals surface area (Å²) in [5.74, 6) is -0.00118. The normalized spacial score (nSPS) is 18.1. The molecule has 0 bridgehead atoms. The summed E-state index contributed by atoms with van der Waals surface area (Å²) in [5.41, 5.74) is 2.00. The molecule has 1 fully saturated rings. The number of sulfonamides is 1. The van der Waals surface area contributed by atoms with Crippen LogP contribution in [0, 0.1) is 0 Å². The number of pyridine rings is 1. The standard InChI is InChI=1S/C18H21N3O3S2/c22-17(21-11-7-14-13-19-8-6-16(14)21)12-15-4-5-18(25-15)26(23,24)20-9-2-1-3-10-20/h4-6,8,13H,1-3,7,9-12H2. The molecule has 1 amide bonds. The van der Waals surface area contributed by atoms with Gasteiger partial charge in [0.1, 0.15) is 4.21 Å². The van der Waals surface area contributed by atoms with Crippen LogP contribution in [0.2, 0.25) is 0 Å². The molecule has 0 N–H and O–H groups in total. The van der Waals surface area contributed by atoms with Gasteiger partial charge >= 0.3 is 0 Å². The molecule has 6 nitrogen and oxygen atoms in total. The molecular weight excluding hydrogens is 370 g/mol. The van der Waals surface area contributed by atoms with Crippen LogP contribution in [0.15, 0.2) is 34.8 Å². The van der Waals surface area contributed by atoms with Crippen LogP contribution in [0.1, 0.15) is 29.7 Å². The van der Waals surface area contributed by atoms with Gasteiger partial charge in [0, 0.05) is 42.6 Å². The molecule has 0 aliphatic carbocycles. The minimum absolute atomic E-state index is 0.00118. The molecule has 2 aromatic heterocycles. The van der Waals surface area contributed by atoms with Crippen molar-refractivity contribution in [1.82, 2.24) is 9.29 Å². The number of rotatable bonds is 4. The molecule has 0 saturated carbocycles. The third kappa shape index (κ3) is 3.28. The molecular formula is C18H21N3O3S2. The highest BCUT2D eigenvalue weighted by molar-refractivity contribution is 7.91. The highest BCUT2D eigenvalue weighted by atomic mass is 32.2. The first-order chi connectivity index (χ1) is 12.6. The zero-order valence-corrected chi connectivity index (χ0v) is 16.1. The van der Waals surface area contributed by atoms with E-state index in [1.54, 1.807) is 33.7 Å². The summed E-state index contributed by atoms with van der Waals surface area (Å²) in [5, 5.41) is 0. The predicted molar refractivity (Wildman–Crippen MR) is 101 cm³/mol. The maximum Gasteiger partial charge on any atom is 0.252 e. The van der Waals surface area contributed by atoms with Gasteiger partial charge in [0.05, 0.1) is 6.42 Å². The number of piperidine rings is 1. The van der Waals surface area contributed by atoms with Gasteiger partial charge in [-0.2, -0.15) is 4.31 Å². The Morgan fingerprint density at radius 1 is 1.12 bits per heavy atom. The van der Waals surface area contributed by atoms with E-state index < -0.39 is 10.0 Å². The second kappa shape index (κ2) is 7.09. The number of carbonyl (C=O) groups is 1. The van der Waals surface area contributed by atoms with Crippen LogP contribution in [0.25, 0.3) is 0 Å². The lowest BCUT2D eigenvalue weighted by Crippen LogP contribution is -2.35. The van der Waals surface area contributed by atoms with Gasteiger partial charge in [-0.25, -0.2) is 8.42 Å². The highest BCUT2D eigenvalue weighted by Gasteiger charge is 2.29. The zero-order chi connectivity index (χ0) is 18.1. The maximum atomic E-state index is 12.7. The number of nitrogens with zero attached hydrogens (tertiary/aromatic N) is 3. The minimum atomic E-state index is -3.43. The minimum Gasteiger partial charge on any atom is -0.311 e. The van der Waals surface area contributed by atoms with E-state index in [4.69, 9.17) is 0 Å². The van der Waals surface area contributed by atoms with Crippen molar-refractivity contribution in [3.63, 3.8) is 0 Å². The number of aromatic nitrogens is 1. The molecule has 0 radical (unpaired) electrons. The summed E-state index contributed by atoms with van der Waals surface area (Å²) in [6.07, 6.45) is 7.45. The molecule has 138 valence electrons. The Morgan fingerprint density at radius 3 is 2.73 bits per heavy atom. The van der Waals surface area contributed by atoms with Crippen LogP contribution in [-0.2, 0) is 27.7 Å².